The molecule has 0 unspecified atom stereocenters. The van der Waals surface area contributed by atoms with Crippen LogP contribution in [0.4, 0.5) is 11.4 Å². The van der Waals surface area contributed by atoms with Crippen molar-refractivity contribution in [3.05, 3.63) is 78.4 Å². The molecule has 0 atom stereocenters. The van der Waals surface area contributed by atoms with Gasteiger partial charge in [-0.1, -0.05) is 18.2 Å². The molecule has 0 saturated carbocycles. The highest BCUT2D eigenvalue weighted by atomic mass is 32.2. The summed E-state index contributed by atoms with van der Waals surface area (Å²) in [7, 11) is -2.34. The lowest BCUT2D eigenvalue weighted by Crippen LogP contribution is -2.21. The van der Waals surface area contributed by atoms with E-state index in [0.717, 1.165) is 0 Å². The summed E-state index contributed by atoms with van der Waals surface area (Å²) in [6.07, 6.45) is 0. The average molecular weight is 437 g/mol. The summed E-state index contributed by atoms with van der Waals surface area (Å²) in [5.74, 6) is 0.401. The second-order valence-electron chi connectivity index (χ2n) is 6.31. The van der Waals surface area contributed by atoms with Crippen molar-refractivity contribution in [1.29, 1.82) is 5.26 Å². The van der Waals surface area contributed by atoms with Gasteiger partial charge in [0.2, 0.25) is 0 Å². The molecule has 0 spiro atoms. The third-order valence-electron chi connectivity index (χ3n) is 4.14. The van der Waals surface area contributed by atoms with E-state index in [1.54, 1.807) is 54.6 Å². The first-order valence-corrected chi connectivity index (χ1v) is 10.6. The smallest absolute Gasteiger partial charge is 0.262 e. The minimum absolute atomic E-state index is 0.0168. The molecule has 3 aromatic carbocycles. The van der Waals surface area contributed by atoms with Crippen LogP contribution in [0.2, 0.25) is 0 Å². The molecule has 158 valence electrons. The van der Waals surface area contributed by atoms with Gasteiger partial charge in [0.15, 0.2) is 6.61 Å². The van der Waals surface area contributed by atoms with Crippen LogP contribution >= 0.6 is 0 Å². The minimum Gasteiger partial charge on any atom is -0.497 e. The fourth-order valence-electron chi connectivity index (χ4n) is 2.64. The Morgan fingerprint density at radius 1 is 1.00 bits per heavy atom. The Bertz CT molecular complexity index is 1220. The molecule has 9 heteroatoms. The normalized spacial score (nSPS) is 10.6. The van der Waals surface area contributed by atoms with Gasteiger partial charge < -0.3 is 14.8 Å². The third-order valence-corrected chi connectivity index (χ3v) is 5.52. The summed E-state index contributed by atoms with van der Waals surface area (Å²) in [6.45, 7) is -0.334. The molecule has 8 nitrogen and oxygen atoms in total. The first kappa shape index (κ1) is 21.7. The highest BCUT2D eigenvalue weighted by molar-refractivity contribution is 7.92. The molecule has 0 saturated heterocycles. The third kappa shape index (κ3) is 5.74. The lowest BCUT2D eigenvalue weighted by molar-refractivity contribution is -0.118. The van der Waals surface area contributed by atoms with Crippen molar-refractivity contribution in [2.45, 2.75) is 4.90 Å². The summed E-state index contributed by atoms with van der Waals surface area (Å²) in [4.78, 5) is 12.2. The number of anilines is 2. The Hall–Kier alpha value is -4.03. The highest BCUT2D eigenvalue weighted by Gasteiger charge is 2.15. The molecule has 0 aliphatic carbocycles. The van der Waals surface area contributed by atoms with E-state index in [9.17, 15) is 13.2 Å². The summed E-state index contributed by atoms with van der Waals surface area (Å²) in [5.41, 5.74) is 0.979. The molecular weight excluding hydrogens is 418 g/mol. The van der Waals surface area contributed by atoms with Gasteiger partial charge in [-0.05, 0) is 54.6 Å². The Labute approximate surface area is 180 Å². The number of methoxy groups -OCH3 is 1. The lowest BCUT2D eigenvalue weighted by atomic mass is 10.2. The molecule has 0 aliphatic heterocycles. The fourth-order valence-corrected chi connectivity index (χ4v) is 3.74. The van der Waals surface area contributed by atoms with Gasteiger partial charge in [-0.3, -0.25) is 9.52 Å². The molecule has 3 aromatic rings. The molecule has 0 bridgehead atoms. The van der Waals surface area contributed by atoms with Crippen molar-refractivity contribution in [2.75, 3.05) is 23.8 Å². The predicted octanol–water partition coefficient (Wildman–Crippen LogP) is 3.39. The summed E-state index contributed by atoms with van der Waals surface area (Å²) < 4.78 is 38.2. The SMILES string of the molecule is COc1ccc(NS(=O)(=O)c2cccc(NC(=O)COc3ccccc3C#N)c2)cc1. The Morgan fingerprint density at radius 2 is 1.74 bits per heavy atom. The Balaban J connectivity index is 1.66. The fraction of sp³-hybridized carbons (Fsp3) is 0.0909. The van der Waals surface area contributed by atoms with Crippen molar-refractivity contribution in [3.8, 4) is 17.6 Å². The van der Waals surface area contributed by atoms with Gasteiger partial charge in [-0.15, -0.1) is 0 Å². The topological polar surface area (TPSA) is 118 Å². The number of carbonyl (C=O) groups excluding carboxylic acids is 1. The van der Waals surface area contributed by atoms with Crippen LogP contribution in [0.1, 0.15) is 5.56 Å². The number of benzene rings is 3. The predicted molar refractivity (Wildman–Crippen MR) is 116 cm³/mol. The van der Waals surface area contributed by atoms with Crippen molar-refractivity contribution in [1.82, 2.24) is 0 Å². The van der Waals surface area contributed by atoms with Gasteiger partial charge in [0.05, 0.1) is 17.6 Å². The van der Waals surface area contributed by atoms with E-state index < -0.39 is 15.9 Å². The van der Waals surface area contributed by atoms with Crippen molar-refractivity contribution in [2.24, 2.45) is 0 Å². The van der Waals surface area contributed by atoms with Gasteiger partial charge >= 0.3 is 0 Å². The number of hydrogen-bond acceptors (Lipinski definition) is 6. The molecule has 0 fully saturated rings. The molecule has 0 heterocycles. The Morgan fingerprint density at radius 3 is 2.45 bits per heavy atom. The van der Waals surface area contributed by atoms with E-state index in [4.69, 9.17) is 14.7 Å². The molecule has 2 N–H and O–H groups in total. The zero-order valence-corrected chi connectivity index (χ0v) is 17.3. The van der Waals surface area contributed by atoms with E-state index in [1.807, 2.05) is 6.07 Å². The molecule has 0 aromatic heterocycles. The van der Waals surface area contributed by atoms with Gasteiger partial charge in [-0.2, -0.15) is 5.26 Å². The van der Waals surface area contributed by atoms with Gasteiger partial charge in [0.1, 0.15) is 17.6 Å². The second-order valence-corrected chi connectivity index (χ2v) is 7.99. The standard InChI is InChI=1S/C22H19N3O5S/c1-29-19-11-9-17(10-12-19)25-31(27,28)20-7-4-6-18(13-20)24-22(26)15-30-21-8-3-2-5-16(21)14-23/h2-13,25H,15H2,1H3,(H,24,26). The average Bonchev–Trinajstić information content (AvgIpc) is 2.78. The number of rotatable bonds is 8. The van der Waals surface area contributed by atoms with Crippen LogP contribution < -0.4 is 19.5 Å². The maximum Gasteiger partial charge on any atom is 0.262 e. The molecule has 1 amide bonds. The first-order valence-electron chi connectivity index (χ1n) is 9.10. The number of nitriles is 1. The van der Waals surface area contributed by atoms with E-state index in [2.05, 4.69) is 10.0 Å². The first-order chi connectivity index (χ1) is 14.9. The van der Waals surface area contributed by atoms with Crippen molar-refractivity contribution < 1.29 is 22.7 Å². The largest absolute Gasteiger partial charge is 0.497 e. The molecular formula is C22H19N3O5S. The molecule has 3 rings (SSSR count). The number of nitrogens with one attached hydrogen (secondary N) is 2. The monoisotopic (exact) mass is 437 g/mol. The van der Waals surface area contributed by atoms with E-state index in [1.165, 1.54) is 25.3 Å². The van der Waals surface area contributed by atoms with Crippen molar-refractivity contribution >= 4 is 27.3 Å². The second kappa shape index (κ2) is 9.65. The van der Waals surface area contributed by atoms with Crippen LogP contribution in [0.15, 0.2) is 77.7 Å². The maximum absolute atomic E-state index is 12.7. The van der Waals surface area contributed by atoms with E-state index in [0.29, 0.717) is 28.4 Å². The number of nitrogens with zero attached hydrogens (tertiary/aromatic N) is 1. The van der Waals surface area contributed by atoms with Crippen LogP contribution in [-0.4, -0.2) is 28.0 Å². The number of carbonyl (C=O) groups is 1. The highest BCUT2D eigenvalue weighted by Crippen LogP contribution is 2.21. The van der Waals surface area contributed by atoms with Gasteiger partial charge in [0, 0.05) is 11.4 Å². The Kier molecular flexibility index (Phi) is 6.74. The summed E-state index contributed by atoms with van der Waals surface area (Å²) in [6, 6.07) is 20.8. The maximum atomic E-state index is 12.7. The number of sulfonamides is 1. The zero-order valence-electron chi connectivity index (χ0n) is 16.5. The number of amides is 1. The lowest BCUT2D eigenvalue weighted by Gasteiger charge is -2.11. The van der Waals surface area contributed by atoms with Gasteiger partial charge in [0.25, 0.3) is 15.9 Å². The van der Waals surface area contributed by atoms with Crippen LogP contribution in [-0.2, 0) is 14.8 Å². The summed E-state index contributed by atoms with van der Waals surface area (Å²) in [5, 5.41) is 11.6. The minimum atomic E-state index is -3.86. The van der Waals surface area contributed by atoms with Gasteiger partial charge in [-0.25, -0.2) is 8.42 Å². The quantitative estimate of drug-likeness (QED) is 0.558. The zero-order chi connectivity index (χ0) is 22.3. The summed E-state index contributed by atoms with van der Waals surface area (Å²) >= 11 is 0. The van der Waals surface area contributed by atoms with Crippen LogP contribution in [0.5, 0.6) is 11.5 Å². The number of ether oxygens (including phenoxy) is 2. The molecule has 31 heavy (non-hydrogen) atoms. The molecule has 0 aliphatic rings. The van der Waals surface area contributed by atoms with Crippen LogP contribution in [0.25, 0.3) is 0 Å². The van der Waals surface area contributed by atoms with Crippen LogP contribution in [0.3, 0.4) is 0 Å². The van der Waals surface area contributed by atoms with Crippen LogP contribution in [0, 0.1) is 11.3 Å². The van der Waals surface area contributed by atoms with E-state index in [-0.39, 0.29) is 11.5 Å². The van der Waals surface area contributed by atoms with Crippen molar-refractivity contribution in [3.63, 3.8) is 0 Å². The number of hydrogen-bond donors (Lipinski definition) is 2. The number of para-hydroxylation sites is 1. The van der Waals surface area contributed by atoms with E-state index >= 15 is 0 Å². The molecule has 0 radical (unpaired) electrons.